The van der Waals surface area contributed by atoms with Crippen LogP contribution in [0.15, 0.2) is 94.4 Å². The molecule has 0 radical (unpaired) electrons. The van der Waals surface area contributed by atoms with Crippen molar-refractivity contribution < 1.29 is 18.7 Å². The Kier molecular flexibility index (Phi) is 8.23. The van der Waals surface area contributed by atoms with E-state index in [1.165, 1.54) is 18.9 Å². The van der Waals surface area contributed by atoms with Crippen LogP contribution in [0.2, 0.25) is 5.02 Å². The summed E-state index contributed by atoms with van der Waals surface area (Å²) in [6.07, 6.45) is 3.53. The molecule has 2 aliphatic rings. The summed E-state index contributed by atoms with van der Waals surface area (Å²) >= 11 is 7.42. The number of anilines is 3. The number of carbonyl (C=O) groups excluding carboxylic acids is 1. The third-order valence-corrected chi connectivity index (χ3v) is 9.04. The maximum absolute atomic E-state index is 13.9. The Morgan fingerprint density at radius 2 is 1.67 bits per heavy atom. The predicted molar refractivity (Wildman–Crippen MR) is 164 cm³/mol. The van der Waals surface area contributed by atoms with Crippen LogP contribution in [-0.4, -0.2) is 27.5 Å². The van der Waals surface area contributed by atoms with Crippen LogP contribution >= 0.6 is 23.4 Å². The molecule has 1 saturated carbocycles. The van der Waals surface area contributed by atoms with Crippen LogP contribution in [0.5, 0.6) is 0 Å². The highest BCUT2D eigenvalue weighted by atomic mass is 35.5. The molecule has 1 fully saturated rings. The van der Waals surface area contributed by atoms with E-state index in [1.54, 1.807) is 48.5 Å². The highest BCUT2D eigenvalue weighted by Gasteiger charge is 2.45. The van der Waals surface area contributed by atoms with Gasteiger partial charge in [-0.05, 0) is 60.9 Å². The molecule has 1 aliphatic heterocycles. The molecular formula is C32H28ClF2N5O2S. The zero-order chi connectivity index (χ0) is 30.0. The van der Waals surface area contributed by atoms with Crippen LogP contribution in [0, 0.1) is 17.6 Å². The molecule has 0 spiro atoms. The lowest BCUT2D eigenvalue weighted by atomic mass is 9.83. The van der Waals surface area contributed by atoms with E-state index in [9.17, 15) is 18.7 Å². The van der Waals surface area contributed by atoms with Crippen molar-refractivity contribution in [2.45, 2.75) is 36.1 Å². The number of pyridine rings is 2. The summed E-state index contributed by atoms with van der Waals surface area (Å²) in [7, 11) is 0. The Labute approximate surface area is 256 Å². The Hall–Kier alpha value is -4.15. The van der Waals surface area contributed by atoms with Crippen molar-refractivity contribution in [3.63, 3.8) is 0 Å². The van der Waals surface area contributed by atoms with E-state index < -0.39 is 23.1 Å². The first-order chi connectivity index (χ1) is 20.8. The van der Waals surface area contributed by atoms with Gasteiger partial charge in [0.1, 0.15) is 27.8 Å². The van der Waals surface area contributed by atoms with Gasteiger partial charge in [0.15, 0.2) is 11.6 Å². The minimum absolute atomic E-state index is 0.0360. The SMILES string of the molecule is O=C1NC(c2cccc(NCCC3CC3)n2)(c2cccc(Nc3ccc(F)c(F)c3)n2)CC(O)=C1Sc1ccccc1Cl. The van der Waals surface area contributed by atoms with Crippen LogP contribution in [-0.2, 0) is 10.3 Å². The van der Waals surface area contributed by atoms with Gasteiger partial charge in [-0.15, -0.1) is 0 Å². The van der Waals surface area contributed by atoms with Crippen LogP contribution in [0.1, 0.15) is 37.1 Å². The third-order valence-electron chi connectivity index (χ3n) is 7.40. The highest BCUT2D eigenvalue weighted by molar-refractivity contribution is 8.04. The number of hydrogen-bond acceptors (Lipinski definition) is 7. The van der Waals surface area contributed by atoms with Gasteiger partial charge in [-0.2, -0.15) is 0 Å². The zero-order valence-corrected chi connectivity index (χ0v) is 24.5. The fraction of sp³-hybridized carbons (Fsp3) is 0.219. The van der Waals surface area contributed by atoms with E-state index in [1.807, 2.05) is 12.1 Å². The summed E-state index contributed by atoms with van der Waals surface area (Å²) in [5, 5.41) is 21.3. The van der Waals surface area contributed by atoms with Crippen molar-refractivity contribution in [2.24, 2.45) is 5.92 Å². The molecule has 1 amide bonds. The molecule has 7 nitrogen and oxygen atoms in total. The number of halogens is 3. The highest BCUT2D eigenvalue weighted by Crippen LogP contribution is 2.43. The number of aromatic nitrogens is 2. The van der Waals surface area contributed by atoms with Crippen LogP contribution in [0.4, 0.5) is 26.1 Å². The average Bonchev–Trinajstić information content (AvgIpc) is 3.82. The first-order valence-corrected chi connectivity index (χ1v) is 15.1. The third kappa shape index (κ3) is 6.45. The van der Waals surface area contributed by atoms with Gasteiger partial charge in [-0.25, -0.2) is 18.7 Å². The van der Waals surface area contributed by atoms with Crippen molar-refractivity contribution in [1.29, 1.82) is 0 Å². The molecule has 4 aromatic rings. The van der Waals surface area contributed by atoms with Gasteiger partial charge in [-0.3, -0.25) is 4.79 Å². The maximum atomic E-state index is 13.9. The summed E-state index contributed by atoms with van der Waals surface area (Å²) in [5.41, 5.74) is -0.176. The van der Waals surface area contributed by atoms with Crippen molar-refractivity contribution >= 4 is 46.6 Å². The summed E-state index contributed by atoms with van der Waals surface area (Å²) in [6.45, 7) is 0.774. The number of aliphatic hydroxyl groups is 1. The number of hydrogen-bond donors (Lipinski definition) is 4. The van der Waals surface area contributed by atoms with Crippen LogP contribution in [0.3, 0.4) is 0 Å². The fourth-order valence-corrected chi connectivity index (χ4v) is 6.10. The minimum Gasteiger partial charge on any atom is -0.511 e. The molecule has 0 bridgehead atoms. The van der Waals surface area contributed by atoms with E-state index >= 15 is 0 Å². The molecule has 0 saturated heterocycles. The van der Waals surface area contributed by atoms with E-state index in [4.69, 9.17) is 21.6 Å². The van der Waals surface area contributed by atoms with Gasteiger partial charge in [0.25, 0.3) is 5.91 Å². The lowest BCUT2D eigenvalue weighted by molar-refractivity contribution is -0.119. The number of nitrogens with one attached hydrogen (secondary N) is 3. The number of rotatable bonds is 10. The van der Waals surface area contributed by atoms with E-state index in [0.717, 1.165) is 42.8 Å². The standard InChI is InChI=1S/C32H28ClF2N5O2S/c33-21-5-1-2-6-25(21)43-30-24(41)18-32(40-31(30)42,26-7-3-9-28(38-26)36-16-15-19-11-12-19)27-8-4-10-29(39-27)37-20-13-14-22(34)23(35)17-20/h1-10,13-14,17,19,41H,11-12,15-16,18H2,(H,36,38)(H,37,39)(H,40,42). The van der Waals surface area contributed by atoms with Gasteiger partial charge in [0, 0.05) is 29.6 Å². The zero-order valence-electron chi connectivity index (χ0n) is 22.9. The van der Waals surface area contributed by atoms with E-state index in [2.05, 4.69) is 16.0 Å². The number of carbonyl (C=O) groups is 1. The number of nitrogens with zero attached hydrogens (tertiary/aromatic N) is 2. The molecule has 3 heterocycles. The molecule has 2 aromatic heterocycles. The molecule has 43 heavy (non-hydrogen) atoms. The molecule has 1 unspecified atom stereocenters. The second-order valence-electron chi connectivity index (χ2n) is 10.6. The van der Waals surface area contributed by atoms with Crippen molar-refractivity contribution in [1.82, 2.24) is 15.3 Å². The van der Waals surface area contributed by atoms with Crippen molar-refractivity contribution in [3.05, 3.63) is 118 Å². The molecule has 6 rings (SSSR count). The summed E-state index contributed by atoms with van der Waals surface area (Å²) in [4.78, 5) is 24.1. The number of benzene rings is 2. The monoisotopic (exact) mass is 619 g/mol. The smallest absolute Gasteiger partial charge is 0.262 e. The second kappa shape index (κ2) is 12.2. The van der Waals surface area contributed by atoms with Gasteiger partial charge < -0.3 is 21.1 Å². The lowest BCUT2D eigenvalue weighted by Gasteiger charge is -2.37. The van der Waals surface area contributed by atoms with Crippen LogP contribution in [0.25, 0.3) is 0 Å². The Morgan fingerprint density at radius 3 is 2.37 bits per heavy atom. The van der Waals surface area contributed by atoms with Gasteiger partial charge in [0.05, 0.1) is 16.4 Å². The topological polar surface area (TPSA) is 99.2 Å². The molecule has 220 valence electrons. The Bertz CT molecular complexity index is 1720. The van der Waals surface area contributed by atoms with Crippen molar-refractivity contribution in [2.75, 3.05) is 17.2 Å². The van der Waals surface area contributed by atoms with Gasteiger partial charge >= 0.3 is 0 Å². The second-order valence-corrected chi connectivity index (χ2v) is 12.0. The normalized spacial score (nSPS) is 18.3. The number of thioether (sulfide) groups is 1. The minimum atomic E-state index is -1.34. The average molecular weight is 620 g/mol. The first kappa shape index (κ1) is 28.9. The Morgan fingerprint density at radius 1 is 0.953 bits per heavy atom. The molecule has 1 aliphatic carbocycles. The first-order valence-electron chi connectivity index (χ1n) is 13.9. The number of amides is 1. The summed E-state index contributed by atoms with van der Waals surface area (Å²) < 4.78 is 27.4. The predicted octanol–water partition coefficient (Wildman–Crippen LogP) is 7.69. The van der Waals surface area contributed by atoms with E-state index in [0.29, 0.717) is 38.6 Å². The van der Waals surface area contributed by atoms with Gasteiger partial charge in [-0.1, -0.05) is 60.5 Å². The summed E-state index contributed by atoms with van der Waals surface area (Å²) in [5.74, 6) is -0.874. The lowest BCUT2D eigenvalue weighted by Crippen LogP contribution is -2.51. The Balaban J connectivity index is 1.38. The molecule has 4 N–H and O–H groups in total. The summed E-state index contributed by atoms with van der Waals surface area (Å²) in [6, 6.07) is 21.1. The van der Waals surface area contributed by atoms with Gasteiger partial charge in [0.2, 0.25) is 0 Å². The maximum Gasteiger partial charge on any atom is 0.262 e. The quantitative estimate of drug-likeness (QED) is 0.144. The fourth-order valence-electron chi connectivity index (χ4n) is 4.99. The molecule has 1 atom stereocenters. The molecular weight excluding hydrogens is 592 g/mol. The van der Waals surface area contributed by atoms with Crippen LogP contribution < -0.4 is 16.0 Å². The van der Waals surface area contributed by atoms with E-state index in [-0.39, 0.29) is 17.1 Å². The molecule has 11 heteroatoms. The largest absolute Gasteiger partial charge is 0.511 e. The van der Waals surface area contributed by atoms with Crippen molar-refractivity contribution in [3.8, 4) is 0 Å². The number of aliphatic hydroxyl groups excluding tert-OH is 1. The molecule has 2 aromatic carbocycles.